The number of nitrogens with zero attached hydrogens (tertiary/aromatic N) is 1. The molecule has 0 aliphatic rings. The highest BCUT2D eigenvalue weighted by Crippen LogP contribution is 2.00. The lowest BCUT2D eigenvalue weighted by Crippen LogP contribution is -2.44. The standard InChI is InChI=1S/C10H17N3OS/c1-10(2,3)13-9(14)5-11-4-8-6-15-7-12-8/h6-7,11H,4-5H2,1-3H3,(H,13,14). The Bertz CT molecular complexity index is 303. The van der Waals surface area contributed by atoms with Crippen LogP contribution in [0.4, 0.5) is 0 Å². The maximum Gasteiger partial charge on any atom is 0.234 e. The van der Waals surface area contributed by atoms with E-state index in [-0.39, 0.29) is 11.4 Å². The summed E-state index contributed by atoms with van der Waals surface area (Å²) in [7, 11) is 0. The van der Waals surface area contributed by atoms with Crippen molar-refractivity contribution < 1.29 is 4.79 Å². The molecule has 1 aromatic heterocycles. The average Bonchev–Trinajstić information content (AvgIpc) is 2.53. The van der Waals surface area contributed by atoms with Crippen molar-refractivity contribution in [1.29, 1.82) is 0 Å². The van der Waals surface area contributed by atoms with Crippen LogP contribution in [0.5, 0.6) is 0 Å². The van der Waals surface area contributed by atoms with Crippen molar-refractivity contribution in [2.45, 2.75) is 32.9 Å². The van der Waals surface area contributed by atoms with Crippen LogP contribution < -0.4 is 10.6 Å². The van der Waals surface area contributed by atoms with E-state index in [0.29, 0.717) is 13.1 Å². The monoisotopic (exact) mass is 227 g/mol. The van der Waals surface area contributed by atoms with Crippen LogP contribution in [0.3, 0.4) is 0 Å². The van der Waals surface area contributed by atoms with Gasteiger partial charge in [0.2, 0.25) is 5.91 Å². The molecule has 15 heavy (non-hydrogen) atoms. The number of rotatable bonds is 4. The van der Waals surface area contributed by atoms with Crippen LogP contribution >= 0.6 is 11.3 Å². The first-order valence-electron chi connectivity index (χ1n) is 4.86. The van der Waals surface area contributed by atoms with Crippen molar-refractivity contribution in [3.8, 4) is 0 Å². The van der Waals surface area contributed by atoms with Gasteiger partial charge < -0.3 is 10.6 Å². The van der Waals surface area contributed by atoms with Gasteiger partial charge in [0.05, 0.1) is 17.7 Å². The summed E-state index contributed by atoms with van der Waals surface area (Å²) in [5.74, 6) is 0.0118. The highest BCUT2D eigenvalue weighted by atomic mass is 32.1. The van der Waals surface area contributed by atoms with E-state index in [9.17, 15) is 4.79 Å². The Labute approximate surface area is 94.1 Å². The summed E-state index contributed by atoms with van der Waals surface area (Å²) in [4.78, 5) is 15.5. The smallest absolute Gasteiger partial charge is 0.234 e. The topological polar surface area (TPSA) is 54.0 Å². The largest absolute Gasteiger partial charge is 0.350 e. The highest BCUT2D eigenvalue weighted by molar-refractivity contribution is 7.07. The third kappa shape index (κ3) is 5.49. The molecule has 1 heterocycles. The van der Waals surface area contributed by atoms with Gasteiger partial charge in [-0.15, -0.1) is 11.3 Å². The molecular formula is C10H17N3OS. The molecule has 0 unspecified atom stereocenters. The molecule has 4 nitrogen and oxygen atoms in total. The minimum absolute atomic E-state index is 0.0118. The fraction of sp³-hybridized carbons (Fsp3) is 0.600. The van der Waals surface area contributed by atoms with Crippen molar-refractivity contribution in [2.75, 3.05) is 6.54 Å². The molecule has 0 fully saturated rings. The number of nitrogens with one attached hydrogen (secondary N) is 2. The second kappa shape index (κ2) is 5.23. The number of amides is 1. The Balaban J connectivity index is 2.18. The third-order valence-electron chi connectivity index (χ3n) is 1.59. The second-order valence-electron chi connectivity index (χ2n) is 4.38. The molecule has 0 saturated carbocycles. The number of hydrogen-bond acceptors (Lipinski definition) is 4. The Hall–Kier alpha value is -0.940. The zero-order valence-electron chi connectivity index (χ0n) is 9.33. The summed E-state index contributed by atoms with van der Waals surface area (Å²) in [5, 5.41) is 7.89. The van der Waals surface area contributed by atoms with Gasteiger partial charge in [0.1, 0.15) is 0 Å². The Morgan fingerprint density at radius 2 is 2.27 bits per heavy atom. The van der Waals surface area contributed by atoms with Gasteiger partial charge in [-0.25, -0.2) is 4.98 Å². The van der Waals surface area contributed by atoms with Crippen LogP contribution in [-0.2, 0) is 11.3 Å². The van der Waals surface area contributed by atoms with Gasteiger partial charge in [0.25, 0.3) is 0 Å². The van der Waals surface area contributed by atoms with Crippen LogP contribution in [0.2, 0.25) is 0 Å². The predicted octanol–water partition coefficient (Wildman–Crippen LogP) is 1.15. The van der Waals surface area contributed by atoms with Crippen LogP contribution in [-0.4, -0.2) is 23.0 Å². The summed E-state index contributed by atoms with van der Waals surface area (Å²) in [6.07, 6.45) is 0. The van der Waals surface area contributed by atoms with Gasteiger partial charge in [0.15, 0.2) is 0 Å². The summed E-state index contributed by atoms with van der Waals surface area (Å²) in [6.45, 7) is 6.86. The van der Waals surface area contributed by atoms with Gasteiger partial charge in [0, 0.05) is 17.5 Å². The minimum Gasteiger partial charge on any atom is -0.350 e. The Morgan fingerprint density at radius 3 is 2.80 bits per heavy atom. The first kappa shape index (κ1) is 12.1. The van der Waals surface area contributed by atoms with Crippen molar-refractivity contribution >= 4 is 17.2 Å². The van der Waals surface area contributed by atoms with Crippen molar-refractivity contribution in [3.63, 3.8) is 0 Å². The van der Waals surface area contributed by atoms with Gasteiger partial charge in [-0.1, -0.05) is 0 Å². The number of carbonyl (C=O) groups excluding carboxylic acids is 1. The van der Waals surface area contributed by atoms with Gasteiger partial charge >= 0.3 is 0 Å². The molecule has 0 radical (unpaired) electrons. The highest BCUT2D eigenvalue weighted by Gasteiger charge is 2.12. The van der Waals surface area contributed by atoms with Gasteiger partial charge in [-0.3, -0.25) is 4.79 Å². The molecule has 1 rings (SSSR count). The number of thiazole rings is 1. The average molecular weight is 227 g/mol. The third-order valence-corrected chi connectivity index (χ3v) is 2.22. The maximum absolute atomic E-state index is 11.4. The summed E-state index contributed by atoms with van der Waals surface area (Å²) < 4.78 is 0. The maximum atomic E-state index is 11.4. The van der Waals surface area contributed by atoms with Crippen LogP contribution in [0.1, 0.15) is 26.5 Å². The van der Waals surface area contributed by atoms with Crippen LogP contribution in [0.15, 0.2) is 10.9 Å². The summed E-state index contributed by atoms with van der Waals surface area (Å²) in [6, 6.07) is 0. The van der Waals surface area contributed by atoms with Gasteiger partial charge in [-0.05, 0) is 20.8 Å². The van der Waals surface area contributed by atoms with E-state index in [1.54, 1.807) is 16.8 Å². The Kier molecular flexibility index (Phi) is 4.23. The molecular weight excluding hydrogens is 210 g/mol. The molecule has 5 heteroatoms. The van der Waals surface area contributed by atoms with E-state index in [0.717, 1.165) is 5.69 Å². The fourth-order valence-corrected chi connectivity index (χ4v) is 1.65. The van der Waals surface area contributed by atoms with E-state index in [1.807, 2.05) is 26.2 Å². The van der Waals surface area contributed by atoms with E-state index < -0.39 is 0 Å². The van der Waals surface area contributed by atoms with E-state index in [1.165, 1.54) is 0 Å². The Morgan fingerprint density at radius 1 is 1.53 bits per heavy atom. The zero-order valence-corrected chi connectivity index (χ0v) is 10.1. The molecule has 0 spiro atoms. The molecule has 0 saturated heterocycles. The predicted molar refractivity (Wildman–Crippen MR) is 61.7 cm³/mol. The molecule has 1 aromatic rings. The van der Waals surface area contributed by atoms with Crippen molar-refractivity contribution in [1.82, 2.24) is 15.6 Å². The summed E-state index contributed by atoms with van der Waals surface area (Å²) >= 11 is 1.56. The molecule has 0 atom stereocenters. The molecule has 0 aliphatic heterocycles. The van der Waals surface area contributed by atoms with E-state index in [2.05, 4.69) is 15.6 Å². The van der Waals surface area contributed by atoms with Crippen LogP contribution in [0, 0.1) is 0 Å². The van der Waals surface area contributed by atoms with E-state index in [4.69, 9.17) is 0 Å². The zero-order chi connectivity index (χ0) is 11.3. The first-order valence-corrected chi connectivity index (χ1v) is 5.80. The summed E-state index contributed by atoms with van der Waals surface area (Å²) in [5.41, 5.74) is 2.59. The van der Waals surface area contributed by atoms with Crippen LogP contribution in [0.25, 0.3) is 0 Å². The number of aromatic nitrogens is 1. The quantitative estimate of drug-likeness (QED) is 0.811. The SMILES string of the molecule is CC(C)(C)NC(=O)CNCc1cscn1. The molecule has 1 amide bonds. The number of hydrogen-bond donors (Lipinski definition) is 2. The molecule has 0 aliphatic carbocycles. The number of carbonyl (C=O) groups is 1. The van der Waals surface area contributed by atoms with E-state index >= 15 is 0 Å². The second-order valence-corrected chi connectivity index (χ2v) is 5.10. The molecule has 2 N–H and O–H groups in total. The first-order chi connectivity index (χ1) is 6.97. The molecule has 84 valence electrons. The lowest BCUT2D eigenvalue weighted by molar-refractivity contribution is -0.121. The normalized spacial score (nSPS) is 11.4. The fourth-order valence-electron chi connectivity index (χ4n) is 1.09. The van der Waals surface area contributed by atoms with Crippen molar-refractivity contribution in [2.24, 2.45) is 0 Å². The lowest BCUT2D eigenvalue weighted by atomic mass is 10.1. The molecule has 0 bridgehead atoms. The van der Waals surface area contributed by atoms with Gasteiger partial charge in [-0.2, -0.15) is 0 Å². The lowest BCUT2D eigenvalue weighted by Gasteiger charge is -2.20. The molecule has 0 aromatic carbocycles. The minimum atomic E-state index is -0.167. The van der Waals surface area contributed by atoms with Crippen molar-refractivity contribution in [3.05, 3.63) is 16.6 Å².